The molecule has 0 aliphatic carbocycles. The van der Waals surface area contributed by atoms with Gasteiger partial charge in [-0.05, 0) is 49.2 Å². The normalized spacial score (nSPS) is 12.3. The van der Waals surface area contributed by atoms with Crippen molar-refractivity contribution in [3.05, 3.63) is 64.9 Å². The Balaban J connectivity index is 2.27. The molecule has 0 amide bonds. The first-order valence-corrected chi connectivity index (χ1v) is 9.83. The number of halogens is 2. The van der Waals surface area contributed by atoms with Crippen molar-refractivity contribution in [2.45, 2.75) is 45.4 Å². The molecular weight excluding hydrogens is 392 g/mol. The minimum Gasteiger partial charge on any atom is -0.505 e. The van der Waals surface area contributed by atoms with E-state index in [1.807, 2.05) is 6.92 Å². The maximum atomic E-state index is 15.0. The van der Waals surface area contributed by atoms with Crippen molar-refractivity contribution in [3.8, 4) is 5.75 Å². The topological polar surface area (TPSA) is 79.5 Å². The number of carboxylic acids is 1. The largest absolute Gasteiger partial charge is 0.505 e. The fourth-order valence-corrected chi connectivity index (χ4v) is 3.91. The summed E-state index contributed by atoms with van der Waals surface area (Å²) < 4.78 is 29.8. The number of carboxylic acid groups (broad SMARTS) is 1. The lowest BCUT2D eigenvalue weighted by atomic mass is 9.90. The monoisotopic (exact) mass is 415 g/mol. The van der Waals surface area contributed by atoms with Gasteiger partial charge in [-0.1, -0.05) is 32.3 Å². The van der Waals surface area contributed by atoms with E-state index in [1.165, 1.54) is 28.8 Å². The first kappa shape index (κ1) is 21.5. The molecule has 158 valence electrons. The molecule has 0 saturated carbocycles. The zero-order chi connectivity index (χ0) is 22.0. The molecule has 3 rings (SSSR count). The van der Waals surface area contributed by atoms with Crippen LogP contribution in [0.25, 0.3) is 10.9 Å². The molecule has 0 spiro atoms. The molecule has 0 radical (unpaired) electrons. The lowest BCUT2D eigenvalue weighted by Crippen LogP contribution is -2.16. The number of hydrogen-bond acceptors (Lipinski definition) is 3. The van der Waals surface area contributed by atoms with Gasteiger partial charge < -0.3 is 10.2 Å². The van der Waals surface area contributed by atoms with Gasteiger partial charge in [0.15, 0.2) is 11.6 Å². The van der Waals surface area contributed by atoms with Crippen molar-refractivity contribution < 1.29 is 28.6 Å². The van der Waals surface area contributed by atoms with Gasteiger partial charge in [-0.15, -0.1) is 0 Å². The summed E-state index contributed by atoms with van der Waals surface area (Å²) in [5.74, 6) is -4.98. The summed E-state index contributed by atoms with van der Waals surface area (Å²) in [6.07, 6.45) is 2.60. The molecule has 0 fully saturated rings. The molecule has 0 aliphatic heterocycles. The highest BCUT2D eigenvalue weighted by molar-refractivity contribution is 6.05. The Labute approximate surface area is 172 Å². The van der Waals surface area contributed by atoms with Crippen LogP contribution in [0.5, 0.6) is 5.75 Å². The molecular formula is C23H23F2NO4. The molecule has 1 heterocycles. The maximum absolute atomic E-state index is 15.0. The Morgan fingerprint density at radius 3 is 2.50 bits per heavy atom. The van der Waals surface area contributed by atoms with Crippen LogP contribution >= 0.6 is 0 Å². The second-order valence-corrected chi connectivity index (χ2v) is 7.33. The number of aromatic hydroxyl groups is 1. The number of carbonyl (C=O) groups excluding carboxylic acids is 1. The number of fused-ring (bicyclic) bond motifs is 1. The van der Waals surface area contributed by atoms with E-state index in [0.29, 0.717) is 6.42 Å². The number of rotatable bonds is 7. The van der Waals surface area contributed by atoms with Crippen molar-refractivity contribution in [1.29, 1.82) is 0 Å². The molecule has 2 N–H and O–H groups in total. The zero-order valence-corrected chi connectivity index (χ0v) is 16.8. The van der Waals surface area contributed by atoms with Crippen molar-refractivity contribution >= 4 is 22.8 Å². The van der Waals surface area contributed by atoms with Crippen LogP contribution in [0.3, 0.4) is 0 Å². The van der Waals surface area contributed by atoms with Crippen LogP contribution < -0.4 is 0 Å². The Morgan fingerprint density at radius 1 is 1.13 bits per heavy atom. The molecule has 0 unspecified atom stereocenters. The first-order valence-electron chi connectivity index (χ1n) is 9.83. The molecule has 1 aromatic heterocycles. The Hall–Kier alpha value is -3.22. The number of hydrogen-bond donors (Lipinski definition) is 2. The van der Waals surface area contributed by atoms with Crippen LogP contribution in [0.2, 0.25) is 0 Å². The average molecular weight is 415 g/mol. The maximum Gasteiger partial charge on any atom is 0.311 e. The quantitative estimate of drug-likeness (QED) is 0.509. The number of benzene rings is 2. The summed E-state index contributed by atoms with van der Waals surface area (Å²) in [6.45, 7) is 3.53. The van der Waals surface area contributed by atoms with Crippen molar-refractivity contribution in [1.82, 2.24) is 4.57 Å². The summed E-state index contributed by atoms with van der Waals surface area (Å²) in [5, 5.41) is 19.6. The van der Waals surface area contributed by atoms with Gasteiger partial charge in [0.25, 0.3) is 5.91 Å². The van der Waals surface area contributed by atoms with Crippen LogP contribution in [-0.2, 0) is 4.79 Å². The third-order valence-corrected chi connectivity index (χ3v) is 5.35. The van der Waals surface area contributed by atoms with E-state index in [0.717, 1.165) is 25.0 Å². The standard InChI is InChI=1S/C23H23F2NO4/c1-3-4-5-9-16(23(29)30)19-13(2)26(17-10-11-18(27)21(25)20(17)19)22(28)14-7-6-8-15(24)12-14/h6-8,10-12,16,27H,3-5,9H2,1-2H3,(H,29,30)/t16-/m0/s1. The zero-order valence-electron chi connectivity index (χ0n) is 16.8. The highest BCUT2D eigenvalue weighted by Gasteiger charge is 2.31. The summed E-state index contributed by atoms with van der Waals surface area (Å²) in [6, 6.07) is 7.58. The number of carbonyl (C=O) groups is 2. The van der Waals surface area contributed by atoms with Gasteiger partial charge >= 0.3 is 5.97 Å². The molecule has 5 nitrogen and oxygen atoms in total. The Morgan fingerprint density at radius 2 is 1.87 bits per heavy atom. The first-order chi connectivity index (χ1) is 14.3. The SMILES string of the molecule is CCCCC[C@H](C(=O)O)c1c(C)n(C(=O)c2cccc(F)c2)c2ccc(O)c(F)c12. The van der Waals surface area contributed by atoms with E-state index in [2.05, 4.69) is 0 Å². The number of unbranched alkanes of at least 4 members (excludes halogenated alkanes) is 2. The van der Waals surface area contributed by atoms with Gasteiger partial charge in [0, 0.05) is 16.6 Å². The molecule has 2 aromatic carbocycles. The fraction of sp³-hybridized carbons (Fsp3) is 0.304. The summed E-state index contributed by atoms with van der Waals surface area (Å²) >= 11 is 0. The lowest BCUT2D eigenvalue weighted by Gasteiger charge is -2.14. The number of phenolic OH excluding ortho intramolecular Hbond substituents is 1. The van der Waals surface area contributed by atoms with Gasteiger partial charge in [-0.2, -0.15) is 0 Å². The minimum absolute atomic E-state index is 0.0490. The van der Waals surface area contributed by atoms with Crippen molar-refractivity contribution in [3.63, 3.8) is 0 Å². The Kier molecular flexibility index (Phi) is 6.20. The Bertz CT molecular complexity index is 1120. The van der Waals surface area contributed by atoms with E-state index in [9.17, 15) is 28.6 Å². The smallest absolute Gasteiger partial charge is 0.311 e. The second kappa shape index (κ2) is 8.65. The highest BCUT2D eigenvalue weighted by atomic mass is 19.1. The van der Waals surface area contributed by atoms with Gasteiger partial charge in [0.2, 0.25) is 0 Å². The van der Waals surface area contributed by atoms with Crippen LogP contribution in [-0.4, -0.2) is 26.7 Å². The third-order valence-electron chi connectivity index (χ3n) is 5.35. The number of aromatic nitrogens is 1. The van der Waals surface area contributed by atoms with Gasteiger partial charge in [-0.3, -0.25) is 14.2 Å². The van der Waals surface area contributed by atoms with E-state index < -0.39 is 35.2 Å². The number of nitrogens with zero attached hydrogens (tertiary/aromatic N) is 1. The van der Waals surface area contributed by atoms with E-state index in [4.69, 9.17) is 0 Å². The van der Waals surface area contributed by atoms with Crippen LogP contribution in [0.4, 0.5) is 8.78 Å². The molecule has 30 heavy (non-hydrogen) atoms. The van der Waals surface area contributed by atoms with Gasteiger partial charge in [0.05, 0.1) is 11.4 Å². The second-order valence-electron chi connectivity index (χ2n) is 7.33. The molecule has 1 atom stereocenters. The summed E-state index contributed by atoms with van der Waals surface area (Å²) in [5.41, 5.74) is 0.598. The highest BCUT2D eigenvalue weighted by Crippen LogP contribution is 2.39. The molecule has 0 aliphatic rings. The molecule has 0 bridgehead atoms. The lowest BCUT2D eigenvalue weighted by molar-refractivity contribution is -0.139. The number of aliphatic carboxylic acids is 1. The van der Waals surface area contributed by atoms with Crippen molar-refractivity contribution in [2.24, 2.45) is 0 Å². The van der Waals surface area contributed by atoms with Crippen LogP contribution in [0, 0.1) is 18.6 Å². The average Bonchev–Trinajstić information content (AvgIpc) is 3.00. The van der Waals surface area contributed by atoms with Gasteiger partial charge in [-0.25, -0.2) is 8.78 Å². The summed E-state index contributed by atoms with van der Waals surface area (Å²) in [7, 11) is 0. The minimum atomic E-state index is -1.13. The third kappa shape index (κ3) is 3.79. The summed E-state index contributed by atoms with van der Waals surface area (Å²) in [4.78, 5) is 25.2. The predicted molar refractivity (Wildman–Crippen MR) is 109 cm³/mol. The van der Waals surface area contributed by atoms with Crippen LogP contribution in [0.1, 0.15) is 60.1 Å². The van der Waals surface area contributed by atoms with E-state index in [1.54, 1.807) is 6.92 Å². The van der Waals surface area contributed by atoms with Crippen LogP contribution in [0.15, 0.2) is 36.4 Å². The van der Waals surface area contributed by atoms with Crippen molar-refractivity contribution in [2.75, 3.05) is 0 Å². The molecule has 0 saturated heterocycles. The molecule has 7 heteroatoms. The predicted octanol–water partition coefficient (Wildman–Crippen LogP) is 5.37. The molecule has 3 aromatic rings. The number of phenols is 1. The van der Waals surface area contributed by atoms with E-state index in [-0.39, 0.29) is 34.1 Å². The van der Waals surface area contributed by atoms with Gasteiger partial charge in [0.1, 0.15) is 5.82 Å². The van der Waals surface area contributed by atoms with E-state index >= 15 is 0 Å². The fourth-order valence-electron chi connectivity index (χ4n) is 3.91.